The average Bonchev–Trinajstić information content (AvgIpc) is 3.38. The SMILES string of the molecule is CCCC/C=C\CCCCCCCC(=O)OCC(COC(=O)CCCCCCCCCCCCCCCCCCCCCCCCCC)OC(=O)CCCCCCCCCCC/C=C\CCCCCCCC. The van der Waals surface area contributed by atoms with Crippen LogP contribution in [0.2, 0.25) is 0 Å². The van der Waals surface area contributed by atoms with Crippen molar-refractivity contribution in [2.75, 3.05) is 13.2 Å². The molecule has 0 heterocycles. The van der Waals surface area contributed by atoms with Crippen LogP contribution in [0.25, 0.3) is 0 Å². The number of carbonyl (C=O) groups excluding carboxylic acids is 3. The molecule has 1 atom stereocenters. The molecule has 1 unspecified atom stereocenters. The number of ether oxygens (including phenoxy) is 3. The van der Waals surface area contributed by atoms with Crippen molar-refractivity contribution < 1.29 is 28.6 Å². The maximum atomic E-state index is 12.9. The molecule has 0 fully saturated rings. The first-order valence-corrected chi connectivity index (χ1v) is 32.3. The summed E-state index contributed by atoms with van der Waals surface area (Å²) in [5.74, 6) is -0.858. The summed E-state index contributed by atoms with van der Waals surface area (Å²) in [4.78, 5) is 38.2. The van der Waals surface area contributed by atoms with E-state index in [2.05, 4.69) is 45.1 Å². The van der Waals surface area contributed by atoms with E-state index in [0.29, 0.717) is 19.3 Å². The number of hydrogen-bond acceptors (Lipinski definition) is 6. The molecule has 0 N–H and O–H groups in total. The molecule has 6 nitrogen and oxygen atoms in total. The van der Waals surface area contributed by atoms with Crippen molar-refractivity contribution in [1.29, 1.82) is 0 Å². The number of hydrogen-bond donors (Lipinski definition) is 0. The Morgan fingerprint density at radius 1 is 0.264 bits per heavy atom. The van der Waals surface area contributed by atoms with Gasteiger partial charge in [-0.2, -0.15) is 0 Å². The number of esters is 3. The summed E-state index contributed by atoms with van der Waals surface area (Å²) in [6.07, 6.45) is 73.4. The molecule has 72 heavy (non-hydrogen) atoms. The lowest BCUT2D eigenvalue weighted by molar-refractivity contribution is -0.167. The minimum absolute atomic E-state index is 0.0698. The number of unbranched alkanes of at least 4 members (excludes halogenated alkanes) is 45. The van der Waals surface area contributed by atoms with Gasteiger partial charge < -0.3 is 14.2 Å². The largest absolute Gasteiger partial charge is 0.462 e. The van der Waals surface area contributed by atoms with E-state index in [0.717, 1.165) is 64.2 Å². The molecule has 0 saturated heterocycles. The topological polar surface area (TPSA) is 78.9 Å². The predicted molar refractivity (Wildman–Crippen MR) is 312 cm³/mol. The first-order chi connectivity index (χ1) is 35.5. The minimum Gasteiger partial charge on any atom is -0.462 e. The van der Waals surface area contributed by atoms with E-state index in [9.17, 15) is 14.4 Å². The van der Waals surface area contributed by atoms with E-state index in [-0.39, 0.29) is 31.1 Å². The highest BCUT2D eigenvalue weighted by Crippen LogP contribution is 2.18. The minimum atomic E-state index is -0.772. The number of rotatable bonds is 60. The molecule has 0 radical (unpaired) electrons. The second-order valence-electron chi connectivity index (χ2n) is 22.0. The van der Waals surface area contributed by atoms with Crippen molar-refractivity contribution in [2.45, 2.75) is 367 Å². The summed E-state index contributed by atoms with van der Waals surface area (Å²) >= 11 is 0. The van der Waals surface area contributed by atoms with Crippen molar-refractivity contribution >= 4 is 17.9 Å². The molecule has 0 saturated carbocycles. The summed E-state index contributed by atoms with van der Waals surface area (Å²) in [6.45, 7) is 6.65. The third-order valence-corrected chi connectivity index (χ3v) is 14.7. The van der Waals surface area contributed by atoms with Gasteiger partial charge in [-0.25, -0.2) is 0 Å². The molecule has 0 aromatic rings. The van der Waals surface area contributed by atoms with E-state index < -0.39 is 6.10 Å². The molecule has 0 spiro atoms. The predicted octanol–water partition coefficient (Wildman–Crippen LogP) is 21.8. The normalized spacial score (nSPS) is 12.1. The van der Waals surface area contributed by atoms with E-state index in [1.165, 1.54) is 257 Å². The second-order valence-corrected chi connectivity index (χ2v) is 22.0. The zero-order valence-corrected chi connectivity index (χ0v) is 48.7. The maximum Gasteiger partial charge on any atom is 0.306 e. The zero-order chi connectivity index (χ0) is 52.2. The first-order valence-electron chi connectivity index (χ1n) is 32.3. The molecule has 0 amide bonds. The third kappa shape index (κ3) is 58.8. The van der Waals surface area contributed by atoms with E-state index in [4.69, 9.17) is 14.2 Å². The van der Waals surface area contributed by atoms with Crippen LogP contribution in [-0.2, 0) is 28.6 Å². The maximum absolute atomic E-state index is 12.9. The smallest absolute Gasteiger partial charge is 0.306 e. The molecular weight excluding hydrogens is 889 g/mol. The molecule has 0 aliphatic rings. The molecule has 0 aromatic heterocycles. The van der Waals surface area contributed by atoms with Gasteiger partial charge in [0.2, 0.25) is 0 Å². The molecule has 0 aromatic carbocycles. The average molecular weight is 1010 g/mol. The summed E-state index contributed by atoms with van der Waals surface area (Å²) in [7, 11) is 0. The second kappa shape index (κ2) is 61.4. The van der Waals surface area contributed by atoms with Gasteiger partial charge in [0.15, 0.2) is 6.10 Å². The Morgan fingerprint density at radius 3 is 0.736 bits per heavy atom. The van der Waals surface area contributed by atoms with Gasteiger partial charge in [-0.3, -0.25) is 14.4 Å². The Kier molecular flexibility index (Phi) is 59.6. The van der Waals surface area contributed by atoms with Crippen molar-refractivity contribution in [3.8, 4) is 0 Å². The van der Waals surface area contributed by atoms with Crippen LogP contribution >= 0.6 is 0 Å². The van der Waals surface area contributed by atoms with Gasteiger partial charge in [-0.15, -0.1) is 0 Å². The highest BCUT2D eigenvalue weighted by molar-refractivity contribution is 5.71. The fourth-order valence-electron chi connectivity index (χ4n) is 9.78. The van der Waals surface area contributed by atoms with Gasteiger partial charge in [0.05, 0.1) is 0 Å². The lowest BCUT2D eigenvalue weighted by Gasteiger charge is -2.18. The number of carbonyl (C=O) groups is 3. The van der Waals surface area contributed by atoms with E-state index in [1.807, 2.05) is 0 Å². The van der Waals surface area contributed by atoms with Crippen LogP contribution < -0.4 is 0 Å². The first kappa shape index (κ1) is 69.9. The fraction of sp³-hybridized carbons (Fsp3) is 0.894. The van der Waals surface area contributed by atoms with Crippen molar-refractivity contribution in [3.63, 3.8) is 0 Å². The summed E-state index contributed by atoms with van der Waals surface area (Å²) in [5.41, 5.74) is 0. The molecule has 424 valence electrons. The molecule has 0 bridgehead atoms. The Balaban J connectivity index is 4.20. The molecule has 0 aliphatic carbocycles. The summed E-state index contributed by atoms with van der Waals surface area (Å²) in [6, 6.07) is 0. The van der Waals surface area contributed by atoms with Crippen molar-refractivity contribution in [1.82, 2.24) is 0 Å². The monoisotopic (exact) mass is 1010 g/mol. The van der Waals surface area contributed by atoms with Crippen LogP contribution in [0, 0.1) is 0 Å². The van der Waals surface area contributed by atoms with Gasteiger partial charge >= 0.3 is 17.9 Å². The highest BCUT2D eigenvalue weighted by atomic mass is 16.6. The zero-order valence-electron chi connectivity index (χ0n) is 48.7. The summed E-state index contributed by atoms with van der Waals surface area (Å²) < 4.78 is 16.9. The van der Waals surface area contributed by atoms with Crippen LogP contribution in [0.3, 0.4) is 0 Å². The fourth-order valence-corrected chi connectivity index (χ4v) is 9.78. The number of allylic oxidation sites excluding steroid dienone is 4. The Hall–Kier alpha value is -2.11. The van der Waals surface area contributed by atoms with Gasteiger partial charge in [0.25, 0.3) is 0 Å². The van der Waals surface area contributed by atoms with E-state index in [1.54, 1.807) is 0 Å². The van der Waals surface area contributed by atoms with E-state index >= 15 is 0 Å². The molecule has 0 aliphatic heterocycles. The van der Waals surface area contributed by atoms with Gasteiger partial charge in [-0.1, -0.05) is 302 Å². The Bertz CT molecular complexity index is 1160. The quantitative estimate of drug-likeness (QED) is 0.0261. The lowest BCUT2D eigenvalue weighted by Crippen LogP contribution is -2.30. The Labute approximate surface area is 449 Å². The molecule has 0 rings (SSSR count). The lowest BCUT2D eigenvalue weighted by atomic mass is 10.0. The third-order valence-electron chi connectivity index (χ3n) is 14.7. The summed E-state index contributed by atoms with van der Waals surface area (Å²) in [5, 5.41) is 0. The van der Waals surface area contributed by atoms with Crippen LogP contribution in [-0.4, -0.2) is 37.2 Å². The van der Waals surface area contributed by atoms with Crippen LogP contribution in [0.5, 0.6) is 0 Å². The molecular formula is C66H124O6. The van der Waals surface area contributed by atoms with Crippen LogP contribution in [0.4, 0.5) is 0 Å². The van der Waals surface area contributed by atoms with Crippen molar-refractivity contribution in [3.05, 3.63) is 24.3 Å². The highest BCUT2D eigenvalue weighted by Gasteiger charge is 2.19. The van der Waals surface area contributed by atoms with Gasteiger partial charge in [0.1, 0.15) is 13.2 Å². The van der Waals surface area contributed by atoms with Crippen LogP contribution in [0.1, 0.15) is 361 Å². The van der Waals surface area contributed by atoms with Crippen molar-refractivity contribution in [2.24, 2.45) is 0 Å². The standard InChI is InChI=1S/C66H124O6/c1-4-7-10-13-16-19-22-24-26-28-30-31-32-33-34-36-37-39-41-44-47-50-53-56-59-65(68)71-62-63(61-70-64(67)58-55-52-49-46-43-21-18-15-12-9-6-3)72-66(69)60-57-54-51-48-45-42-40-38-35-29-27-25-23-20-17-14-11-8-5-2/h15,18,25,27,63H,4-14,16-17,19-24,26,28-62H2,1-3H3/b18-15-,27-25-. The Morgan fingerprint density at radius 2 is 0.472 bits per heavy atom. The molecule has 6 heteroatoms. The van der Waals surface area contributed by atoms with Gasteiger partial charge in [-0.05, 0) is 64.2 Å². The van der Waals surface area contributed by atoms with Gasteiger partial charge in [0, 0.05) is 19.3 Å². The van der Waals surface area contributed by atoms with Crippen LogP contribution in [0.15, 0.2) is 24.3 Å².